The molecule has 15 heavy (non-hydrogen) atoms. The highest BCUT2D eigenvalue weighted by Gasteiger charge is 2.15. The van der Waals surface area contributed by atoms with Gasteiger partial charge < -0.3 is 0 Å². The summed E-state index contributed by atoms with van der Waals surface area (Å²) in [5.41, 5.74) is 0.429. The highest BCUT2D eigenvalue weighted by atomic mass is 32.2. The number of anilines is 1. The highest BCUT2D eigenvalue weighted by molar-refractivity contribution is 7.92. The van der Waals surface area contributed by atoms with Crippen molar-refractivity contribution in [2.24, 2.45) is 0 Å². The van der Waals surface area contributed by atoms with Gasteiger partial charge in [0.1, 0.15) is 5.82 Å². The molecular formula is C10H12FNO2S. The molecule has 0 aliphatic rings. The Labute approximate surface area is 88.9 Å². The predicted octanol–water partition coefficient (Wildman–Crippen LogP) is 1.78. The van der Waals surface area contributed by atoms with E-state index >= 15 is 0 Å². The lowest BCUT2D eigenvalue weighted by atomic mass is 10.3. The standard InChI is InChI=1S/C10H12FNO2S/c1-3-8-12(15(2,13)14)10-6-4-9(11)5-7-10/h3-7H,1,8H2,2H3. The van der Waals surface area contributed by atoms with E-state index in [4.69, 9.17) is 0 Å². The molecule has 0 saturated carbocycles. The van der Waals surface area contributed by atoms with E-state index in [1.807, 2.05) is 0 Å². The monoisotopic (exact) mass is 229 g/mol. The van der Waals surface area contributed by atoms with Gasteiger partial charge in [0.15, 0.2) is 0 Å². The molecule has 1 aromatic rings. The summed E-state index contributed by atoms with van der Waals surface area (Å²) < 4.78 is 36.6. The maximum atomic E-state index is 12.6. The van der Waals surface area contributed by atoms with Gasteiger partial charge in [-0.15, -0.1) is 6.58 Å². The molecule has 5 heteroatoms. The van der Waals surface area contributed by atoms with Gasteiger partial charge in [-0.25, -0.2) is 12.8 Å². The van der Waals surface area contributed by atoms with Gasteiger partial charge in [-0.3, -0.25) is 4.31 Å². The third-order valence-corrected chi connectivity index (χ3v) is 2.97. The molecule has 0 atom stereocenters. The van der Waals surface area contributed by atoms with Crippen molar-refractivity contribution in [3.8, 4) is 0 Å². The van der Waals surface area contributed by atoms with Crippen LogP contribution in [-0.4, -0.2) is 21.2 Å². The molecule has 1 rings (SSSR count). The van der Waals surface area contributed by atoms with Crippen molar-refractivity contribution in [2.75, 3.05) is 17.1 Å². The minimum absolute atomic E-state index is 0.171. The van der Waals surface area contributed by atoms with Crippen LogP contribution in [-0.2, 0) is 10.0 Å². The first-order valence-corrected chi connectivity index (χ1v) is 6.14. The van der Waals surface area contributed by atoms with Crippen molar-refractivity contribution in [1.29, 1.82) is 0 Å². The van der Waals surface area contributed by atoms with Crippen molar-refractivity contribution >= 4 is 15.7 Å². The minimum Gasteiger partial charge on any atom is -0.267 e. The van der Waals surface area contributed by atoms with Crippen LogP contribution in [0.4, 0.5) is 10.1 Å². The maximum Gasteiger partial charge on any atom is 0.232 e. The van der Waals surface area contributed by atoms with Crippen LogP contribution in [0.3, 0.4) is 0 Å². The van der Waals surface area contributed by atoms with E-state index in [2.05, 4.69) is 6.58 Å². The quantitative estimate of drug-likeness (QED) is 0.738. The van der Waals surface area contributed by atoms with Crippen LogP contribution in [0.25, 0.3) is 0 Å². The van der Waals surface area contributed by atoms with Gasteiger partial charge >= 0.3 is 0 Å². The topological polar surface area (TPSA) is 37.4 Å². The first kappa shape index (κ1) is 11.7. The second-order valence-electron chi connectivity index (χ2n) is 3.06. The molecule has 0 saturated heterocycles. The van der Waals surface area contributed by atoms with Crippen LogP contribution in [0, 0.1) is 5.82 Å². The van der Waals surface area contributed by atoms with Crippen LogP contribution < -0.4 is 4.31 Å². The highest BCUT2D eigenvalue weighted by Crippen LogP contribution is 2.17. The van der Waals surface area contributed by atoms with Gasteiger partial charge in [-0.2, -0.15) is 0 Å². The molecule has 0 heterocycles. The molecule has 0 fully saturated rings. The number of rotatable bonds is 4. The SMILES string of the molecule is C=CCN(c1ccc(F)cc1)S(C)(=O)=O. The zero-order chi connectivity index (χ0) is 11.5. The second kappa shape index (κ2) is 4.44. The number of halogens is 1. The molecular weight excluding hydrogens is 217 g/mol. The van der Waals surface area contributed by atoms with Crippen LogP contribution in [0.5, 0.6) is 0 Å². The Morgan fingerprint density at radius 2 is 1.93 bits per heavy atom. The Bertz CT molecular complexity index is 439. The summed E-state index contributed by atoms with van der Waals surface area (Å²) in [6.07, 6.45) is 2.57. The first-order chi connectivity index (χ1) is 6.95. The van der Waals surface area contributed by atoms with E-state index in [9.17, 15) is 12.8 Å². The van der Waals surface area contributed by atoms with Crippen molar-refractivity contribution in [1.82, 2.24) is 0 Å². The molecule has 0 aliphatic carbocycles. The predicted molar refractivity (Wildman–Crippen MR) is 58.8 cm³/mol. The number of nitrogens with zero attached hydrogens (tertiary/aromatic N) is 1. The number of hydrogen-bond donors (Lipinski definition) is 0. The van der Waals surface area contributed by atoms with E-state index in [0.717, 1.165) is 10.6 Å². The normalized spacial score (nSPS) is 11.1. The van der Waals surface area contributed by atoms with Crippen molar-refractivity contribution in [2.45, 2.75) is 0 Å². The van der Waals surface area contributed by atoms with E-state index in [-0.39, 0.29) is 6.54 Å². The number of sulfonamides is 1. The zero-order valence-electron chi connectivity index (χ0n) is 8.35. The fourth-order valence-corrected chi connectivity index (χ4v) is 2.04. The van der Waals surface area contributed by atoms with Crippen LogP contribution >= 0.6 is 0 Å². The first-order valence-electron chi connectivity index (χ1n) is 4.29. The molecule has 0 N–H and O–H groups in total. The summed E-state index contributed by atoms with van der Waals surface area (Å²) in [5.74, 6) is -0.397. The molecule has 0 amide bonds. The summed E-state index contributed by atoms with van der Waals surface area (Å²) in [5, 5.41) is 0. The molecule has 3 nitrogen and oxygen atoms in total. The van der Waals surface area contributed by atoms with Gasteiger partial charge in [0.2, 0.25) is 10.0 Å². The molecule has 0 aromatic heterocycles. The fraction of sp³-hybridized carbons (Fsp3) is 0.200. The Morgan fingerprint density at radius 3 is 2.33 bits per heavy atom. The summed E-state index contributed by atoms with van der Waals surface area (Å²) >= 11 is 0. The molecule has 0 bridgehead atoms. The zero-order valence-corrected chi connectivity index (χ0v) is 9.17. The largest absolute Gasteiger partial charge is 0.267 e. The molecule has 0 unspecified atom stereocenters. The molecule has 82 valence electrons. The van der Waals surface area contributed by atoms with E-state index in [1.54, 1.807) is 0 Å². The Morgan fingerprint density at radius 1 is 1.40 bits per heavy atom. The minimum atomic E-state index is -3.35. The molecule has 0 spiro atoms. The lowest BCUT2D eigenvalue weighted by molar-refractivity contribution is 0.598. The average molecular weight is 229 g/mol. The smallest absolute Gasteiger partial charge is 0.232 e. The van der Waals surface area contributed by atoms with Gasteiger partial charge in [-0.1, -0.05) is 6.08 Å². The summed E-state index contributed by atoms with van der Waals surface area (Å²) in [6, 6.07) is 5.27. The number of benzene rings is 1. The molecule has 1 aromatic carbocycles. The second-order valence-corrected chi connectivity index (χ2v) is 4.97. The van der Waals surface area contributed by atoms with E-state index in [1.165, 1.54) is 30.3 Å². The van der Waals surface area contributed by atoms with E-state index in [0.29, 0.717) is 5.69 Å². The summed E-state index contributed by atoms with van der Waals surface area (Å²) in [4.78, 5) is 0. The third-order valence-electron chi connectivity index (χ3n) is 1.81. The van der Waals surface area contributed by atoms with Crippen LogP contribution in [0.1, 0.15) is 0 Å². The van der Waals surface area contributed by atoms with Gasteiger partial charge in [-0.05, 0) is 24.3 Å². The summed E-state index contributed by atoms with van der Waals surface area (Å²) in [6.45, 7) is 3.65. The van der Waals surface area contributed by atoms with Gasteiger partial charge in [0, 0.05) is 0 Å². The Hall–Kier alpha value is -1.36. The fourth-order valence-electron chi connectivity index (χ4n) is 1.16. The lowest BCUT2D eigenvalue weighted by Crippen LogP contribution is -2.29. The van der Waals surface area contributed by atoms with Crippen molar-refractivity contribution < 1.29 is 12.8 Å². The van der Waals surface area contributed by atoms with Crippen LogP contribution in [0.15, 0.2) is 36.9 Å². The van der Waals surface area contributed by atoms with Crippen molar-refractivity contribution in [3.05, 3.63) is 42.7 Å². The molecule has 0 aliphatic heterocycles. The summed E-state index contributed by atoms with van der Waals surface area (Å²) in [7, 11) is -3.35. The third kappa shape index (κ3) is 3.06. The Balaban J connectivity index is 3.10. The average Bonchev–Trinajstić information content (AvgIpc) is 2.14. The van der Waals surface area contributed by atoms with E-state index < -0.39 is 15.8 Å². The van der Waals surface area contributed by atoms with Gasteiger partial charge in [0.25, 0.3) is 0 Å². The lowest BCUT2D eigenvalue weighted by Gasteiger charge is -2.20. The molecule has 0 radical (unpaired) electrons. The maximum absolute atomic E-state index is 12.6. The van der Waals surface area contributed by atoms with Crippen molar-refractivity contribution in [3.63, 3.8) is 0 Å². The van der Waals surface area contributed by atoms with Gasteiger partial charge in [0.05, 0.1) is 18.5 Å². The number of hydrogen-bond acceptors (Lipinski definition) is 2. The Kier molecular flexibility index (Phi) is 3.47. The van der Waals surface area contributed by atoms with Crippen LogP contribution in [0.2, 0.25) is 0 Å².